The van der Waals surface area contributed by atoms with Crippen LogP contribution in [0.5, 0.6) is 5.75 Å². The Morgan fingerprint density at radius 2 is 1.94 bits per heavy atom. The Bertz CT molecular complexity index is 399. The second-order valence-electron chi connectivity index (χ2n) is 3.52. The second-order valence-corrected chi connectivity index (χ2v) is 3.52. The first-order valence-corrected chi connectivity index (χ1v) is 5.26. The van der Waals surface area contributed by atoms with E-state index in [0.29, 0.717) is 11.4 Å². The van der Waals surface area contributed by atoms with Crippen LogP contribution in [0.1, 0.15) is 13.3 Å². The number of ether oxygens (including phenoxy) is 1. The van der Waals surface area contributed by atoms with E-state index < -0.39 is 17.8 Å². The second kappa shape index (κ2) is 5.89. The van der Waals surface area contributed by atoms with Crippen LogP contribution < -0.4 is 10.1 Å². The molecule has 2 N–H and O–H groups in total. The minimum absolute atomic E-state index is 0.261. The molecule has 0 fully saturated rings. The number of nitrogens with one attached hydrogen (secondary N) is 1. The van der Waals surface area contributed by atoms with Crippen LogP contribution in [0.3, 0.4) is 0 Å². The third-order valence-electron chi connectivity index (χ3n) is 2.38. The largest absolute Gasteiger partial charge is 0.497 e. The molecular weight excluding hydrogens is 222 g/mol. The number of amides is 1. The Balaban J connectivity index is 2.69. The number of rotatable bonds is 5. The van der Waals surface area contributed by atoms with E-state index in [1.165, 1.54) is 0 Å². The van der Waals surface area contributed by atoms with Gasteiger partial charge in [0.2, 0.25) is 5.91 Å². The molecular formula is C12H15NO4. The molecule has 17 heavy (non-hydrogen) atoms. The van der Waals surface area contributed by atoms with E-state index in [0.717, 1.165) is 0 Å². The van der Waals surface area contributed by atoms with Gasteiger partial charge in [-0.1, -0.05) is 6.92 Å². The predicted octanol–water partition coefficient (Wildman–Crippen LogP) is 1.74. The van der Waals surface area contributed by atoms with Gasteiger partial charge in [-0.2, -0.15) is 0 Å². The summed E-state index contributed by atoms with van der Waals surface area (Å²) >= 11 is 0. The Labute approximate surface area is 99.4 Å². The maximum Gasteiger partial charge on any atom is 0.316 e. The van der Waals surface area contributed by atoms with Gasteiger partial charge < -0.3 is 15.2 Å². The average Bonchev–Trinajstić information content (AvgIpc) is 2.30. The number of anilines is 1. The lowest BCUT2D eigenvalue weighted by atomic mass is 10.1. The number of hydrogen-bond acceptors (Lipinski definition) is 3. The van der Waals surface area contributed by atoms with Crippen LogP contribution in [0.25, 0.3) is 0 Å². The molecule has 0 heterocycles. The van der Waals surface area contributed by atoms with Gasteiger partial charge in [0.05, 0.1) is 7.11 Å². The van der Waals surface area contributed by atoms with Gasteiger partial charge in [0, 0.05) is 5.69 Å². The summed E-state index contributed by atoms with van der Waals surface area (Å²) in [5.41, 5.74) is 0.551. The Morgan fingerprint density at radius 1 is 1.35 bits per heavy atom. The van der Waals surface area contributed by atoms with E-state index >= 15 is 0 Å². The van der Waals surface area contributed by atoms with E-state index in [4.69, 9.17) is 9.84 Å². The van der Waals surface area contributed by atoms with Crippen LogP contribution in [0.4, 0.5) is 5.69 Å². The quantitative estimate of drug-likeness (QED) is 0.765. The number of hydrogen-bond donors (Lipinski definition) is 2. The fraction of sp³-hybridized carbons (Fsp3) is 0.333. The first-order valence-electron chi connectivity index (χ1n) is 5.26. The topological polar surface area (TPSA) is 75.6 Å². The molecule has 1 unspecified atom stereocenters. The maximum atomic E-state index is 11.6. The van der Waals surface area contributed by atoms with Crippen molar-refractivity contribution in [1.29, 1.82) is 0 Å². The predicted molar refractivity (Wildman–Crippen MR) is 63.0 cm³/mol. The molecule has 0 saturated carbocycles. The normalized spacial score (nSPS) is 11.6. The van der Waals surface area contributed by atoms with Gasteiger partial charge in [-0.15, -0.1) is 0 Å². The van der Waals surface area contributed by atoms with Gasteiger partial charge in [0.1, 0.15) is 11.7 Å². The number of carboxylic acids is 1. The highest BCUT2D eigenvalue weighted by Gasteiger charge is 2.23. The lowest BCUT2D eigenvalue weighted by molar-refractivity contribution is -0.145. The zero-order valence-corrected chi connectivity index (χ0v) is 9.77. The Morgan fingerprint density at radius 3 is 2.35 bits per heavy atom. The van der Waals surface area contributed by atoms with E-state index in [1.54, 1.807) is 38.3 Å². The van der Waals surface area contributed by atoms with Crippen molar-refractivity contribution >= 4 is 17.6 Å². The van der Waals surface area contributed by atoms with E-state index in [1.807, 2.05) is 0 Å². The number of carbonyl (C=O) groups excluding carboxylic acids is 1. The van der Waals surface area contributed by atoms with Gasteiger partial charge in [-0.05, 0) is 30.7 Å². The van der Waals surface area contributed by atoms with Crippen LogP contribution in [0.15, 0.2) is 24.3 Å². The summed E-state index contributed by atoms with van der Waals surface area (Å²) in [7, 11) is 1.55. The molecule has 0 saturated heterocycles. The van der Waals surface area contributed by atoms with Crippen molar-refractivity contribution in [3.05, 3.63) is 24.3 Å². The molecule has 5 nitrogen and oxygen atoms in total. The first-order chi connectivity index (χ1) is 8.08. The van der Waals surface area contributed by atoms with Crippen molar-refractivity contribution in [2.24, 2.45) is 5.92 Å². The number of benzene rings is 1. The molecule has 1 aromatic carbocycles. The summed E-state index contributed by atoms with van der Waals surface area (Å²) in [5.74, 6) is -1.96. The lowest BCUT2D eigenvalue weighted by Crippen LogP contribution is -2.28. The third-order valence-corrected chi connectivity index (χ3v) is 2.38. The number of methoxy groups -OCH3 is 1. The van der Waals surface area contributed by atoms with Crippen molar-refractivity contribution in [2.75, 3.05) is 12.4 Å². The van der Waals surface area contributed by atoms with Gasteiger partial charge in [0.25, 0.3) is 0 Å². The Kier molecular flexibility index (Phi) is 4.51. The van der Waals surface area contributed by atoms with Crippen LogP contribution in [-0.2, 0) is 9.59 Å². The summed E-state index contributed by atoms with van der Waals surface area (Å²) in [4.78, 5) is 22.4. The monoisotopic (exact) mass is 237 g/mol. The van der Waals surface area contributed by atoms with Crippen molar-refractivity contribution in [3.63, 3.8) is 0 Å². The number of carboxylic acid groups (broad SMARTS) is 1. The lowest BCUT2D eigenvalue weighted by Gasteiger charge is -2.10. The van der Waals surface area contributed by atoms with Crippen LogP contribution in [0.2, 0.25) is 0 Å². The maximum absolute atomic E-state index is 11.6. The summed E-state index contributed by atoms with van der Waals surface area (Å²) in [6.07, 6.45) is 0.261. The van der Waals surface area contributed by atoms with Crippen molar-refractivity contribution in [1.82, 2.24) is 0 Å². The molecule has 0 aliphatic carbocycles. The minimum atomic E-state index is -1.11. The van der Waals surface area contributed by atoms with Gasteiger partial charge in [-0.3, -0.25) is 9.59 Å². The SMILES string of the molecule is CCC(C(=O)O)C(=O)Nc1ccc(OC)cc1. The van der Waals surface area contributed by atoms with Crippen LogP contribution in [0, 0.1) is 5.92 Å². The highest BCUT2D eigenvalue weighted by Crippen LogP contribution is 2.16. The van der Waals surface area contributed by atoms with E-state index in [9.17, 15) is 9.59 Å². The number of carbonyl (C=O) groups is 2. The van der Waals surface area contributed by atoms with E-state index in [-0.39, 0.29) is 6.42 Å². The summed E-state index contributed by atoms with van der Waals surface area (Å²) in [6.45, 7) is 1.66. The third kappa shape index (κ3) is 3.48. The number of aliphatic carboxylic acids is 1. The minimum Gasteiger partial charge on any atom is -0.497 e. The van der Waals surface area contributed by atoms with Gasteiger partial charge in [-0.25, -0.2) is 0 Å². The first kappa shape index (κ1) is 13.0. The molecule has 0 radical (unpaired) electrons. The highest BCUT2D eigenvalue weighted by atomic mass is 16.5. The smallest absolute Gasteiger partial charge is 0.316 e. The van der Waals surface area contributed by atoms with Gasteiger partial charge >= 0.3 is 5.97 Å². The fourth-order valence-corrected chi connectivity index (χ4v) is 1.38. The summed E-state index contributed by atoms with van der Waals surface area (Å²) < 4.78 is 4.97. The molecule has 1 atom stereocenters. The fourth-order valence-electron chi connectivity index (χ4n) is 1.38. The summed E-state index contributed by atoms with van der Waals surface area (Å²) in [6, 6.07) is 6.70. The zero-order valence-electron chi connectivity index (χ0n) is 9.77. The van der Waals surface area contributed by atoms with Crippen molar-refractivity contribution < 1.29 is 19.4 Å². The molecule has 1 rings (SSSR count). The Hall–Kier alpha value is -2.04. The van der Waals surface area contributed by atoms with Crippen molar-refractivity contribution in [2.45, 2.75) is 13.3 Å². The molecule has 0 aliphatic rings. The molecule has 92 valence electrons. The van der Waals surface area contributed by atoms with E-state index in [2.05, 4.69) is 5.32 Å². The molecule has 0 spiro atoms. The van der Waals surface area contributed by atoms with Gasteiger partial charge in [0.15, 0.2) is 0 Å². The molecule has 0 aromatic heterocycles. The van der Waals surface area contributed by atoms with Crippen LogP contribution >= 0.6 is 0 Å². The summed E-state index contributed by atoms with van der Waals surface area (Å²) in [5, 5.41) is 11.4. The highest BCUT2D eigenvalue weighted by molar-refractivity contribution is 6.04. The molecule has 0 aliphatic heterocycles. The van der Waals surface area contributed by atoms with Crippen molar-refractivity contribution in [3.8, 4) is 5.75 Å². The zero-order chi connectivity index (χ0) is 12.8. The standard InChI is InChI=1S/C12H15NO4/c1-3-10(12(15)16)11(14)13-8-4-6-9(17-2)7-5-8/h4-7,10H,3H2,1-2H3,(H,13,14)(H,15,16). The molecule has 5 heteroatoms. The average molecular weight is 237 g/mol. The molecule has 1 amide bonds. The van der Waals surface area contributed by atoms with Crippen LogP contribution in [-0.4, -0.2) is 24.1 Å². The molecule has 1 aromatic rings. The molecule has 0 bridgehead atoms.